The predicted molar refractivity (Wildman–Crippen MR) is 114 cm³/mol. The molecule has 2 aromatic carbocycles. The molecule has 0 aliphatic carbocycles. The number of methoxy groups -OCH3 is 2. The molecular formula is C22H23N3O3S. The predicted octanol–water partition coefficient (Wildman–Crippen LogP) is 3.88. The fourth-order valence-corrected chi connectivity index (χ4v) is 3.29. The number of hydrogen-bond donors (Lipinski definition) is 1. The highest BCUT2D eigenvalue weighted by atomic mass is 32.2. The number of aryl methyl sites for hydroxylation is 1. The zero-order valence-corrected chi connectivity index (χ0v) is 17.5. The van der Waals surface area contributed by atoms with Crippen molar-refractivity contribution in [1.29, 1.82) is 0 Å². The number of hydrogen-bond acceptors (Lipinski definition) is 6. The molecule has 0 aliphatic heterocycles. The molecule has 7 heteroatoms. The molecule has 0 unspecified atom stereocenters. The molecule has 0 fully saturated rings. The second-order valence-corrected chi connectivity index (χ2v) is 7.37. The van der Waals surface area contributed by atoms with Gasteiger partial charge in [-0.1, -0.05) is 41.6 Å². The van der Waals surface area contributed by atoms with Gasteiger partial charge in [0.15, 0.2) is 0 Å². The van der Waals surface area contributed by atoms with Crippen LogP contribution < -0.4 is 14.8 Å². The lowest BCUT2D eigenvalue weighted by atomic mass is 10.1. The van der Waals surface area contributed by atoms with E-state index >= 15 is 0 Å². The van der Waals surface area contributed by atoms with Crippen molar-refractivity contribution >= 4 is 17.7 Å². The van der Waals surface area contributed by atoms with E-state index in [1.807, 2.05) is 55.5 Å². The van der Waals surface area contributed by atoms with Crippen molar-refractivity contribution in [1.82, 2.24) is 15.5 Å². The maximum atomic E-state index is 12.1. The fraction of sp³-hybridized carbons (Fsp3) is 0.227. The van der Waals surface area contributed by atoms with Crippen molar-refractivity contribution in [2.24, 2.45) is 0 Å². The van der Waals surface area contributed by atoms with E-state index in [-0.39, 0.29) is 11.7 Å². The minimum absolute atomic E-state index is 0.0433. The van der Waals surface area contributed by atoms with E-state index in [0.717, 1.165) is 11.1 Å². The molecule has 3 aromatic rings. The van der Waals surface area contributed by atoms with Crippen LogP contribution in [0.15, 0.2) is 59.6 Å². The third-order valence-corrected chi connectivity index (χ3v) is 5.21. The van der Waals surface area contributed by atoms with Gasteiger partial charge in [-0.25, -0.2) is 0 Å². The molecule has 29 heavy (non-hydrogen) atoms. The summed E-state index contributed by atoms with van der Waals surface area (Å²) in [6.45, 7) is 2.55. The van der Waals surface area contributed by atoms with Crippen LogP contribution in [0.5, 0.6) is 11.5 Å². The van der Waals surface area contributed by atoms with Crippen LogP contribution in [0.2, 0.25) is 0 Å². The topological polar surface area (TPSA) is 73.3 Å². The van der Waals surface area contributed by atoms with Crippen molar-refractivity contribution in [2.45, 2.75) is 18.5 Å². The van der Waals surface area contributed by atoms with Gasteiger partial charge in [-0.05, 0) is 36.8 Å². The molecule has 0 saturated carbocycles. The van der Waals surface area contributed by atoms with E-state index in [1.54, 1.807) is 20.3 Å². The molecule has 0 aliphatic rings. The number of aromatic nitrogens is 2. The summed E-state index contributed by atoms with van der Waals surface area (Å²) in [4.78, 5) is 12.1. The van der Waals surface area contributed by atoms with Gasteiger partial charge < -0.3 is 14.8 Å². The Balaban J connectivity index is 1.55. The van der Waals surface area contributed by atoms with Crippen LogP contribution in [0.25, 0.3) is 11.3 Å². The first kappa shape index (κ1) is 20.7. The summed E-state index contributed by atoms with van der Waals surface area (Å²) in [5.41, 5.74) is 3.79. The van der Waals surface area contributed by atoms with Gasteiger partial charge in [-0.15, -0.1) is 10.2 Å². The number of carbonyl (C=O) groups is 1. The van der Waals surface area contributed by atoms with E-state index in [1.165, 1.54) is 17.3 Å². The number of benzene rings is 2. The summed E-state index contributed by atoms with van der Waals surface area (Å²) >= 11 is 1.35. The third kappa shape index (κ3) is 5.71. The number of nitrogens with one attached hydrogen (secondary N) is 1. The molecule has 1 heterocycles. The number of thioether (sulfide) groups is 1. The molecule has 0 saturated heterocycles. The number of amides is 1. The maximum absolute atomic E-state index is 12.1. The Kier molecular flexibility index (Phi) is 7.08. The monoisotopic (exact) mass is 409 g/mol. The molecule has 3 rings (SSSR count). The highest BCUT2D eigenvalue weighted by Crippen LogP contribution is 2.32. The summed E-state index contributed by atoms with van der Waals surface area (Å²) in [5.74, 6) is 1.61. The molecule has 1 N–H and O–H groups in total. The average molecular weight is 410 g/mol. The van der Waals surface area contributed by atoms with E-state index < -0.39 is 0 Å². The molecule has 150 valence electrons. The largest absolute Gasteiger partial charge is 0.497 e. The first-order valence-corrected chi connectivity index (χ1v) is 10.1. The molecule has 1 aromatic heterocycles. The van der Waals surface area contributed by atoms with Gasteiger partial charge in [0, 0.05) is 18.2 Å². The summed E-state index contributed by atoms with van der Waals surface area (Å²) < 4.78 is 10.6. The van der Waals surface area contributed by atoms with E-state index in [9.17, 15) is 4.79 Å². The van der Waals surface area contributed by atoms with Crippen molar-refractivity contribution in [3.63, 3.8) is 0 Å². The van der Waals surface area contributed by atoms with E-state index in [4.69, 9.17) is 9.47 Å². The Morgan fingerprint density at radius 2 is 1.79 bits per heavy atom. The van der Waals surface area contributed by atoms with Crippen LogP contribution in [0.4, 0.5) is 0 Å². The van der Waals surface area contributed by atoms with E-state index in [2.05, 4.69) is 15.5 Å². The highest BCUT2D eigenvalue weighted by Gasteiger charge is 2.10. The number of ether oxygens (including phenoxy) is 2. The smallest absolute Gasteiger partial charge is 0.230 e. The zero-order chi connectivity index (χ0) is 20.6. The molecular weight excluding hydrogens is 386 g/mol. The minimum Gasteiger partial charge on any atom is -0.497 e. The normalized spacial score (nSPS) is 10.4. The lowest BCUT2D eigenvalue weighted by molar-refractivity contribution is -0.118. The van der Waals surface area contributed by atoms with Gasteiger partial charge in [-0.3, -0.25) is 4.79 Å². The maximum Gasteiger partial charge on any atom is 0.230 e. The Labute approximate surface area is 174 Å². The average Bonchev–Trinajstić information content (AvgIpc) is 2.77. The molecule has 1 amide bonds. The molecule has 0 radical (unpaired) electrons. The molecule has 0 spiro atoms. The summed E-state index contributed by atoms with van der Waals surface area (Å²) in [6.07, 6.45) is 0. The lowest BCUT2D eigenvalue weighted by Crippen LogP contribution is -2.24. The standard InChI is InChI=1S/C22H23N3O3S/c1-15-4-6-16(7-5-15)13-23-21(26)14-29-22-11-10-19(24-25-22)18-9-8-17(27-2)12-20(18)28-3/h4-12H,13-14H2,1-3H3,(H,23,26). The van der Waals surface area contributed by atoms with Gasteiger partial charge in [0.05, 0.1) is 25.7 Å². The second-order valence-electron chi connectivity index (χ2n) is 6.37. The van der Waals surface area contributed by atoms with Gasteiger partial charge in [0.2, 0.25) is 5.91 Å². The fourth-order valence-electron chi connectivity index (χ4n) is 2.65. The van der Waals surface area contributed by atoms with Crippen molar-refractivity contribution in [3.05, 3.63) is 65.7 Å². The lowest BCUT2D eigenvalue weighted by Gasteiger charge is -2.10. The van der Waals surface area contributed by atoms with Crippen LogP contribution in [-0.2, 0) is 11.3 Å². The quantitative estimate of drug-likeness (QED) is 0.569. The van der Waals surface area contributed by atoms with Crippen molar-refractivity contribution in [2.75, 3.05) is 20.0 Å². The Morgan fingerprint density at radius 1 is 1.00 bits per heavy atom. The summed E-state index contributed by atoms with van der Waals surface area (Å²) in [5, 5.41) is 12.1. The van der Waals surface area contributed by atoms with Gasteiger partial charge in [-0.2, -0.15) is 0 Å². The van der Waals surface area contributed by atoms with Crippen LogP contribution >= 0.6 is 11.8 Å². The summed E-state index contributed by atoms with van der Waals surface area (Å²) in [6, 6.07) is 17.3. The Bertz CT molecular complexity index is 960. The number of carbonyl (C=O) groups excluding carboxylic acids is 1. The number of rotatable bonds is 8. The highest BCUT2D eigenvalue weighted by molar-refractivity contribution is 7.99. The molecule has 0 atom stereocenters. The van der Waals surface area contributed by atoms with Gasteiger partial charge in [0.25, 0.3) is 0 Å². The van der Waals surface area contributed by atoms with Crippen LogP contribution in [0, 0.1) is 6.92 Å². The SMILES string of the molecule is COc1ccc(-c2ccc(SCC(=O)NCc3ccc(C)cc3)nn2)c(OC)c1. The molecule has 6 nitrogen and oxygen atoms in total. The van der Waals surface area contributed by atoms with Crippen molar-refractivity contribution < 1.29 is 14.3 Å². The first-order valence-electron chi connectivity index (χ1n) is 9.10. The van der Waals surface area contributed by atoms with Crippen LogP contribution in [0.1, 0.15) is 11.1 Å². The Hall–Kier alpha value is -3.06. The van der Waals surface area contributed by atoms with E-state index in [0.29, 0.717) is 28.8 Å². The van der Waals surface area contributed by atoms with Gasteiger partial charge in [0.1, 0.15) is 16.5 Å². The summed E-state index contributed by atoms with van der Waals surface area (Å²) in [7, 11) is 3.21. The Morgan fingerprint density at radius 3 is 2.45 bits per heavy atom. The van der Waals surface area contributed by atoms with Crippen LogP contribution in [0.3, 0.4) is 0 Å². The van der Waals surface area contributed by atoms with Crippen molar-refractivity contribution in [3.8, 4) is 22.8 Å². The first-order chi connectivity index (χ1) is 14.1. The van der Waals surface area contributed by atoms with Gasteiger partial charge >= 0.3 is 0 Å². The van der Waals surface area contributed by atoms with Crippen LogP contribution in [-0.4, -0.2) is 36.1 Å². The second kappa shape index (κ2) is 9.93. The minimum atomic E-state index is -0.0433. The number of nitrogens with zero attached hydrogens (tertiary/aromatic N) is 2. The molecule has 0 bridgehead atoms. The third-order valence-electron chi connectivity index (χ3n) is 4.29. The zero-order valence-electron chi connectivity index (χ0n) is 16.6.